The van der Waals surface area contributed by atoms with E-state index in [4.69, 9.17) is 168 Å². The molecule has 0 saturated carbocycles. The van der Waals surface area contributed by atoms with Crippen LogP contribution < -0.4 is 92.2 Å². The van der Waals surface area contributed by atoms with Crippen LogP contribution in [0.2, 0.25) is 60.3 Å². The van der Waals surface area contributed by atoms with E-state index >= 15 is 0 Å². The SMILES string of the molecule is COc1cc(NC(=O)Nc2cc(Cl)c(O)c(Cl)c2)cc(OC)c1OC.COc1cccc(NC(=O)Nc2cc(Cl)c(O)c(Cl)c2)c1.Cc1cccc(C)c1NC(=O)Nc1cc(Cl)c(O)c(Cl)c1.Cc1ccccc1NC(=O)Nc1cc(Cl)c(O)c(Cl)c1.O=C(Nc1cc(Cl)c(O)c(Cl)c1)Nc1ccc2c(c1)OCO2.O=C(Nc1cc(Cl)c(O)c(Cl)c1)Nc1cccc2ccccc12. The van der Waals surface area contributed by atoms with Crippen molar-refractivity contribution < 1.29 is 87.8 Å². The molecular formula is C90H76Cl12N12O18. The van der Waals surface area contributed by atoms with Crippen LogP contribution >= 0.6 is 139 Å². The number of urea groups is 6. The van der Waals surface area contributed by atoms with Crippen molar-refractivity contribution in [3.63, 3.8) is 0 Å². The quantitative estimate of drug-likeness (QED) is 0.0400. The number of carbonyl (C=O) groups excluding carboxylic acids is 6. The zero-order valence-corrected chi connectivity index (χ0v) is 78.6. The summed E-state index contributed by atoms with van der Waals surface area (Å²) in [5, 5.41) is 91.3. The highest BCUT2D eigenvalue weighted by Crippen LogP contribution is 2.44. The first-order valence-electron chi connectivity index (χ1n) is 37.8. The Morgan fingerprint density at radius 3 is 0.947 bits per heavy atom. The van der Waals surface area contributed by atoms with E-state index in [2.05, 4.69) is 63.8 Å². The van der Waals surface area contributed by atoms with Crippen molar-refractivity contribution in [2.75, 3.05) is 99.0 Å². The van der Waals surface area contributed by atoms with E-state index in [1.165, 1.54) is 94.1 Å². The van der Waals surface area contributed by atoms with E-state index in [-0.39, 0.29) is 102 Å². The maximum atomic E-state index is 12.2. The van der Waals surface area contributed by atoms with E-state index in [9.17, 15) is 59.4 Å². The number of halogens is 12. The average Bonchev–Trinajstić information content (AvgIpc) is 1.34. The fourth-order valence-electron chi connectivity index (χ4n) is 11.4. The molecule has 132 heavy (non-hydrogen) atoms. The molecular weight excluding hydrogens is 1960 g/mol. The molecule has 0 fully saturated rings. The topological polar surface area (TPSA) is 424 Å². The summed E-state index contributed by atoms with van der Waals surface area (Å²) < 4.78 is 31.1. The number of carbonyl (C=O) groups is 6. The number of methoxy groups -OCH3 is 4. The van der Waals surface area contributed by atoms with E-state index < -0.39 is 36.2 Å². The van der Waals surface area contributed by atoms with Crippen LogP contribution in [0.1, 0.15) is 16.7 Å². The highest BCUT2D eigenvalue weighted by atomic mass is 35.5. The van der Waals surface area contributed by atoms with E-state index in [0.717, 1.165) is 33.2 Å². The normalized spacial score (nSPS) is 10.5. The van der Waals surface area contributed by atoms with Crippen molar-refractivity contribution in [2.24, 2.45) is 0 Å². The van der Waals surface area contributed by atoms with Gasteiger partial charge in [-0.2, -0.15) is 0 Å². The van der Waals surface area contributed by atoms with Gasteiger partial charge in [-0.3, -0.25) is 0 Å². The molecule has 12 amide bonds. The first kappa shape index (κ1) is 103. The van der Waals surface area contributed by atoms with Gasteiger partial charge in [-0.25, -0.2) is 28.8 Å². The maximum Gasteiger partial charge on any atom is 0.323 e. The number of anilines is 12. The number of ether oxygens (including phenoxy) is 6. The second kappa shape index (κ2) is 48.6. The predicted molar refractivity (Wildman–Crippen MR) is 527 cm³/mol. The van der Waals surface area contributed by atoms with Crippen LogP contribution in [0.5, 0.6) is 69.0 Å². The molecule has 1 aliphatic rings. The Balaban J connectivity index is 0.000000178. The van der Waals surface area contributed by atoms with Gasteiger partial charge in [0, 0.05) is 86.5 Å². The van der Waals surface area contributed by atoms with Gasteiger partial charge < -0.3 is 123 Å². The molecule has 1 aliphatic heterocycles. The van der Waals surface area contributed by atoms with Crippen LogP contribution in [0, 0.1) is 20.8 Å². The molecule has 0 radical (unpaired) electrons. The molecule has 1 heterocycles. The lowest BCUT2D eigenvalue weighted by atomic mass is 10.1. The van der Waals surface area contributed by atoms with E-state index in [1.54, 1.807) is 67.8 Å². The maximum absolute atomic E-state index is 12.2. The predicted octanol–water partition coefficient (Wildman–Crippen LogP) is 27.9. The fraction of sp³-hybridized carbons (Fsp3) is 0.0889. The number of fused-ring (bicyclic) bond motifs is 2. The van der Waals surface area contributed by atoms with Gasteiger partial charge in [0.2, 0.25) is 12.5 Å². The van der Waals surface area contributed by atoms with Crippen molar-refractivity contribution in [1.29, 1.82) is 0 Å². The Labute approximate surface area is 814 Å². The molecule has 0 atom stereocenters. The minimum absolute atomic E-state index is 0.0237. The minimum atomic E-state index is -0.549. The highest BCUT2D eigenvalue weighted by Gasteiger charge is 2.21. The smallest absolute Gasteiger partial charge is 0.323 e. The molecule has 0 aliphatic carbocycles. The van der Waals surface area contributed by atoms with Gasteiger partial charge in [0.25, 0.3) is 0 Å². The summed E-state index contributed by atoms with van der Waals surface area (Å²) in [6.07, 6.45) is 0. The molecule has 18 N–H and O–H groups in total. The molecule has 13 aromatic rings. The molecule has 688 valence electrons. The third kappa shape index (κ3) is 29.7. The summed E-state index contributed by atoms with van der Waals surface area (Å²) in [5.74, 6) is 1.68. The summed E-state index contributed by atoms with van der Waals surface area (Å²) in [6, 6.07) is 55.7. The number of benzene rings is 13. The lowest BCUT2D eigenvalue weighted by molar-refractivity contribution is 0.174. The highest BCUT2D eigenvalue weighted by molar-refractivity contribution is 6.41. The Bertz CT molecular complexity index is 6260. The molecule has 0 spiro atoms. The van der Waals surface area contributed by atoms with Gasteiger partial charge in [-0.1, -0.05) is 218 Å². The van der Waals surface area contributed by atoms with Crippen molar-refractivity contribution in [3.8, 4) is 69.0 Å². The van der Waals surface area contributed by atoms with Gasteiger partial charge in [-0.05, 0) is 152 Å². The summed E-state index contributed by atoms with van der Waals surface area (Å²) in [7, 11) is 5.97. The van der Waals surface area contributed by atoms with Gasteiger partial charge in [0.05, 0.1) is 100 Å². The zero-order valence-electron chi connectivity index (χ0n) is 69.5. The molecule has 14 rings (SSSR count). The molecule has 13 aromatic carbocycles. The van der Waals surface area contributed by atoms with E-state index in [0.29, 0.717) is 97.1 Å². The first-order valence-corrected chi connectivity index (χ1v) is 42.3. The van der Waals surface area contributed by atoms with Crippen LogP contribution in [-0.4, -0.2) is 102 Å². The Kier molecular flexibility index (Phi) is 37.8. The Morgan fingerprint density at radius 2 is 0.568 bits per heavy atom. The number of amides is 12. The lowest BCUT2D eigenvalue weighted by Crippen LogP contribution is -2.20. The number of phenols is 6. The van der Waals surface area contributed by atoms with Gasteiger partial charge in [0.1, 0.15) is 5.75 Å². The Hall–Kier alpha value is -13.2. The van der Waals surface area contributed by atoms with Crippen LogP contribution in [0.15, 0.2) is 212 Å². The number of hydrogen-bond acceptors (Lipinski definition) is 18. The summed E-state index contributed by atoms with van der Waals surface area (Å²) in [6.45, 7) is 5.88. The molecule has 0 bridgehead atoms. The largest absolute Gasteiger partial charge is 0.505 e. The number of para-hydroxylation sites is 2. The number of rotatable bonds is 16. The molecule has 42 heteroatoms. The molecule has 0 saturated heterocycles. The zero-order chi connectivity index (χ0) is 96.3. The van der Waals surface area contributed by atoms with Crippen molar-refractivity contribution in [2.45, 2.75) is 20.8 Å². The van der Waals surface area contributed by atoms with Crippen LogP contribution in [0.3, 0.4) is 0 Å². The number of nitrogens with one attached hydrogen (secondary N) is 12. The van der Waals surface area contributed by atoms with Gasteiger partial charge in [-0.15, -0.1) is 0 Å². The monoisotopic (exact) mass is 2030 g/mol. The van der Waals surface area contributed by atoms with E-state index in [1.807, 2.05) is 99.6 Å². The summed E-state index contributed by atoms with van der Waals surface area (Å²) in [5.41, 5.74) is 8.77. The summed E-state index contributed by atoms with van der Waals surface area (Å²) in [4.78, 5) is 72.0. The van der Waals surface area contributed by atoms with Crippen molar-refractivity contribution in [1.82, 2.24) is 0 Å². The summed E-state index contributed by atoms with van der Waals surface area (Å²) >= 11 is 69.6. The first-order chi connectivity index (χ1) is 62.8. The minimum Gasteiger partial charge on any atom is -0.505 e. The van der Waals surface area contributed by atoms with Crippen molar-refractivity contribution in [3.05, 3.63) is 289 Å². The van der Waals surface area contributed by atoms with Crippen LogP contribution in [-0.2, 0) is 0 Å². The Morgan fingerprint density at radius 1 is 0.273 bits per heavy atom. The van der Waals surface area contributed by atoms with Crippen molar-refractivity contribution >= 4 is 254 Å². The molecule has 0 aromatic heterocycles. The number of aromatic hydroxyl groups is 6. The second-order valence-corrected chi connectivity index (χ2v) is 31.9. The second-order valence-electron chi connectivity index (χ2n) is 27.0. The third-order valence-electron chi connectivity index (χ3n) is 17.7. The number of aryl methyl sites for hydroxylation is 3. The van der Waals surface area contributed by atoms with Gasteiger partial charge in [0.15, 0.2) is 57.5 Å². The molecule has 30 nitrogen and oxygen atoms in total. The molecule has 0 unspecified atom stereocenters. The van der Waals surface area contributed by atoms with Gasteiger partial charge >= 0.3 is 36.2 Å². The average molecular weight is 2040 g/mol. The number of phenolic OH excluding ortho intramolecular Hbond substituents is 6. The standard InChI is InChI=1S/C17H12Cl2N2O2.C16H16Cl2N2O5.C15H14Cl2N2O2.C14H10Cl2N2O4.C14H12Cl2N2O3.C14H12Cl2N2O2/c18-13-8-11(9-14(19)16(13)22)20-17(23)21-15-7-3-5-10-4-1-2-6-12(10)15;1-23-12-6-9(7-13(24-2)15(12)25-3)20-16(22)19-8-4-10(17)14(21)11(18)5-8;1-8-4-3-5-9(2)13(8)19-15(21)18-10-6-11(16)14(20)12(17)7-10;15-9-3-8(4-10(16)13(9)19)18-14(20)17-7-1-2-11-12(5-7)22-6-21-11;1-21-10-4-2-3-8(5-10)17-14(20)18-9-6-11(15)13(19)12(16)7-9;1-8-4-2-3-5-12(8)18-14(20)17-9-6-10(15)13(19)11(16)7-9/h1-9,22H,(H2,20,21,23);4-7,21H,1-3H3,(H2,19,20,22);3-7,20H,1-2H3,(H2,18,19,21);1-5,19H,6H2,(H2,17,18,20);2-7,19H,1H3,(H2,17,18,20);2-7,19H,1H3,(H2,17,18,20). The fourth-order valence-corrected chi connectivity index (χ4v) is 14.4. The van der Waals surface area contributed by atoms with Crippen LogP contribution in [0.25, 0.3) is 10.8 Å². The van der Waals surface area contributed by atoms with Crippen LogP contribution in [0.4, 0.5) is 97.0 Å². The lowest BCUT2D eigenvalue weighted by Gasteiger charge is -2.15. The third-order valence-corrected chi connectivity index (χ3v) is 21.1. The number of hydrogen-bond donors (Lipinski definition) is 18.